The molecule has 1 aliphatic heterocycles. The molecule has 0 spiro atoms. The van der Waals surface area contributed by atoms with Crippen molar-refractivity contribution in [1.29, 1.82) is 0 Å². The van der Waals surface area contributed by atoms with Crippen LogP contribution in [0.2, 0.25) is 0 Å². The van der Waals surface area contributed by atoms with Gasteiger partial charge in [0.25, 0.3) is 0 Å². The van der Waals surface area contributed by atoms with Crippen molar-refractivity contribution in [3.63, 3.8) is 0 Å². The smallest absolute Gasteiger partial charge is 0.0934 e. The van der Waals surface area contributed by atoms with Crippen LogP contribution in [0.15, 0.2) is 48.2 Å². The lowest BCUT2D eigenvalue weighted by Crippen LogP contribution is -2.30. The summed E-state index contributed by atoms with van der Waals surface area (Å²) in [4.78, 5) is 7.24. The predicted molar refractivity (Wildman–Crippen MR) is 110 cm³/mol. The zero-order valence-corrected chi connectivity index (χ0v) is 16.2. The Hall–Kier alpha value is -2.55. The van der Waals surface area contributed by atoms with Crippen LogP contribution in [-0.4, -0.2) is 16.1 Å². The van der Waals surface area contributed by atoms with Gasteiger partial charge in [0.15, 0.2) is 0 Å². The molecule has 1 aliphatic rings. The SMILES string of the molecule is CC(C)=CCn1c(C)c(C)c2nccc(N3CCc4ccccc4C3)c21. The number of hydrogen-bond donors (Lipinski definition) is 0. The van der Waals surface area contributed by atoms with Crippen molar-refractivity contribution >= 4 is 16.7 Å². The Kier molecular flexibility index (Phi) is 4.31. The van der Waals surface area contributed by atoms with Crippen molar-refractivity contribution in [2.24, 2.45) is 0 Å². The number of aryl methyl sites for hydroxylation is 1. The number of benzene rings is 1. The first kappa shape index (κ1) is 16.9. The minimum atomic E-state index is 0.904. The van der Waals surface area contributed by atoms with Crippen LogP contribution in [0.4, 0.5) is 5.69 Å². The van der Waals surface area contributed by atoms with Crippen LogP contribution in [0.5, 0.6) is 0 Å². The average molecular weight is 345 g/mol. The number of aromatic nitrogens is 2. The van der Waals surface area contributed by atoms with Gasteiger partial charge in [0.05, 0.1) is 16.7 Å². The molecule has 0 N–H and O–H groups in total. The highest BCUT2D eigenvalue weighted by Crippen LogP contribution is 2.34. The van der Waals surface area contributed by atoms with Gasteiger partial charge in [0.1, 0.15) is 0 Å². The summed E-state index contributed by atoms with van der Waals surface area (Å²) in [6, 6.07) is 11.0. The van der Waals surface area contributed by atoms with Crippen LogP contribution >= 0.6 is 0 Å². The molecule has 3 heterocycles. The lowest BCUT2D eigenvalue weighted by molar-refractivity contribution is 0.728. The van der Waals surface area contributed by atoms with E-state index in [1.807, 2.05) is 6.20 Å². The maximum Gasteiger partial charge on any atom is 0.0934 e. The molecule has 4 rings (SSSR count). The van der Waals surface area contributed by atoms with Gasteiger partial charge in [-0.2, -0.15) is 0 Å². The minimum absolute atomic E-state index is 0.904. The second kappa shape index (κ2) is 6.64. The van der Waals surface area contributed by atoms with Gasteiger partial charge in [-0.3, -0.25) is 4.98 Å². The Bertz CT molecular complexity index is 990. The molecular formula is C23H27N3. The molecule has 3 nitrogen and oxygen atoms in total. The van der Waals surface area contributed by atoms with Crippen LogP contribution in [0.1, 0.15) is 36.2 Å². The minimum Gasteiger partial charge on any atom is -0.365 e. The van der Waals surface area contributed by atoms with Gasteiger partial charge < -0.3 is 9.47 Å². The maximum absolute atomic E-state index is 4.72. The molecule has 3 heteroatoms. The first-order valence-corrected chi connectivity index (χ1v) is 9.45. The van der Waals surface area contributed by atoms with E-state index in [0.29, 0.717) is 0 Å². The summed E-state index contributed by atoms with van der Waals surface area (Å²) < 4.78 is 2.43. The molecule has 0 unspecified atom stereocenters. The van der Waals surface area contributed by atoms with Gasteiger partial charge in [0.2, 0.25) is 0 Å². The average Bonchev–Trinajstić information content (AvgIpc) is 2.90. The summed E-state index contributed by atoms with van der Waals surface area (Å²) in [7, 11) is 0. The zero-order valence-electron chi connectivity index (χ0n) is 16.2. The van der Waals surface area contributed by atoms with Crippen LogP contribution in [0.3, 0.4) is 0 Å². The first-order valence-electron chi connectivity index (χ1n) is 9.45. The molecule has 0 amide bonds. The fourth-order valence-corrected chi connectivity index (χ4v) is 3.98. The molecule has 134 valence electrons. The fraction of sp³-hybridized carbons (Fsp3) is 0.348. The lowest BCUT2D eigenvalue weighted by Gasteiger charge is -2.31. The van der Waals surface area contributed by atoms with E-state index >= 15 is 0 Å². The summed E-state index contributed by atoms with van der Waals surface area (Å²) in [5.41, 5.74) is 10.6. The van der Waals surface area contributed by atoms with E-state index in [0.717, 1.165) is 31.6 Å². The number of rotatable bonds is 3. The van der Waals surface area contributed by atoms with E-state index < -0.39 is 0 Å². The topological polar surface area (TPSA) is 21.1 Å². The summed E-state index contributed by atoms with van der Waals surface area (Å²) in [6.07, 6.45) is 5.37. The van der Waals surface area contributed by atoms with Crippen molar-refractivity contribution in [3.8, 4) is 0 Å². The number of nitrogens with zero attached hydrogens (tertiary/aromatic N) is 3. The molecule has 0 bridgehead atoms. The summed E-state index contributed by atoms with van der Waals surface area (Å²) in [5.74, 6) is 0. The summed E-state index contributed by atoms with van der Waals surface area (Å²) in [6.45, 7) is 11.7. The monoisotopic (exact) mass is 345 g/mol. The number of anilines is 1. The zero-order chi connectivity index (χ0) is 18.3. The number of hydrogen-bond acceptors (Lipinski definition) is 2. The summed E-state index contributed by atoms with van der Waals surface area (Å²) in [5, 5.41) is 0. The third-order valence-corrected chi connectivity index (χ3v) is 5.63. The van der Waals surface area contributed by atoms with E-state index in [1.54, 1.807) is 0 Å². The third-order valence-electron chi connectivity index (χ3n) is 5.63. The lowest BCUT2D eigenvalue weighted by atomic mass is 9.99. The molecule has 0 radical (unpaired) electrons. The Morgan fingerprint density at radius 1 is 1.12 bits per heavy atom. The standard InChI is InChI=1S/C23H27N3/c1-16(2)10-14-26-18(4)17(3)22-23(26)21(9-12-24-22)25-13-11-19-7-5-6-8-20(19)15-25/h5-10,12H,11,13-15H2,1-4H3. The van der Waals surface area contributed by atoms with Crippen LogP contribution < -0.4 is 4.90 Å². The molecule has 0 atom stereocenters. The largest absolute Gasteiger partial charge is 0.365 e. The summed E-state index contributed by atoms with van der Waals surface area (Å²) >= 11 is 0. The molecular weight excluding hydrogens is 318 g/mol. The second-order valence-corrected chi connectivity index (χ2v) is 7.57. The molecule has 0 saturated heterocycles. The number of pyridine rings is 1. The Morgan fingerprint density at radius 2 is 1.88 bits per heavy atom. The highest BCUT2D eigenvalue weighted by Gasteiger charge is 2.21. The van der Waals surface area contributed by atoms with Crippen molar-refractivity contribution in [2.45, 2.75) is 47.2 Å². The van der Waals surface area contributed by atoms with Gasteiger partial charge in [0, 0.05) is 31.5 Å². The van der Waals surface area contributed by atoms with Gasteiger partial charge in [-0.05, 0) is 56.9 Å². The van der Waals surface area contributed by atoms with Gasteiger partial charge in [-0.1, -0.05) is 35.9 Å². The molecule has 0 fully saturated rings. The van der Waals surface area contributed by atoms with Gasteiger partial charge in [-0.15, -0.1) is 0 Å². The fourth-order valence-electron chi connectivity index (χ4n) is 3.98. The van der Waals surface area contributed by atoms with Crippen molar-refractivity contribution in [1.82, 2.24) is 9.55 Å². The highest BCUT2D eigenvalue weighted by molar-refractivity contribution is 5.92. The second-order valence-electron chi connectivity index (χ2n) is 7.57. The molecule has 26 heavy (non-hydrogen) atoms. The Morgan fingerprint density at radius 3 is 2.65 bits per heavy atom. The van der Waals surface area contributed by atoms with Crippen LogP contribution in [0, 0.1) is 13.8 Å². The van der Waals surface area contributed by atoms with E-state index in [-0.39, 0.29) is 0 Å². The number of fused-ring (bicyclic) bond motifs is 2. The number of allylic oxidation sites excluding steroid dienone is 2. The molecule has 0 saturated carbocycles. The molecule has 0 aliphatic carbocycles. The predicted octanol–water partition coefficient (Wildman–Crippen LogP) is 5.18. The Labute approximate surface area is 156 Å². The molecule has 1 aromatic carbocycles. The van der Waals surface area contributed by atoms with Crippen molar-refractivity contribution in [2.75, 3.05) is 11.4 Å². The quantitative estimate of drug-likeness (QED) is 0.610. The highest BCUT2D eigenvalue weighted by atomic mass is 15.2. The van der Waals surface area contributed by atoms with E-state index in [2.05, 4.69) is 73.6 Å². The first-order chi connectivity index (χ1) is 12.6. The van der Waals surface area contributed by atoms with E-state index in [4.69, 9.17) is 4.98 Å². The normalized spacial score (nSPS) is 13.8. The van der Waals surface area contributed by atoms with Gasteiger partial charge >= 0.3 is 0 Å². The Balaban J connectivity index is 1.83. The maximum atomic E-state index is 4.72. The third kappa shape index (κ3) is 2.82. The van der Waals surface area contributed by atoms with E-state index in [1.165, 1.54) is 39.2 Å². The van der Waals surface area contributed by atoms with Crippen LogP contribution in [0.25, 0.3) is 11.0 Å². The van der Waals surface area contributed by atoms with Gasteiger partial charge in [-0.25, -0.2) is 0 Å². The van der Waals surface area contributed by atoms with E-state index in [9.17, 15) is 0 Å². The van der Waals surface area contributed by atoms with Crippen molar-refractivity contribution in [3.05, 3.63) is 70.6 Å². The van der Waals surface area contributed by atoms with Crippen LogP contribution in [-0.2, 0) is 19.5 Å². The molecule has 3 aromatic rings. The molecule has 2 aromatic heterocycles. The van der Waals surface area contributed by atoms with Crippen molar-refractivity contribution < 1.29 is 0 Å².